The largest absolute Gasteiger partial charge is 0.493 e. The molecule has 0 aliphatic carbocycles. The lowest BCUT2D eigenvalue weighted by Gasteiger charge is -2.11. The van der Waals surface area contributed by atoms with Crippen LogP contribution < -0.4 is 4.74 Å². The Morgan fingerprint density at radius 1 is 1.00 bits per heavy atom. The fourth-order valence-electron chi connectivity index (χ4n) is 3.70. The van der Waals surface area contributed by atoms with Crippen LogP contribution >= 0.6 is 0 Å². The van der Waals surface area contributed by atoms with Gasteiger partial charge in [0.1, 0.15) is 22.9 Å². The number of furan rings is 1. The number of hydrogen-bond donors (Lipinski definition) is 1. The maximum Gasteiger partial charge on any atom is 0.335 e. The predicted molar refractivity (Wildman–Crippen MR) is 120 cm³/mol. The molecular weight excluding hydrogens is 411 g/mol. The number of ketones is 1. The monoisotopic (exact) mass is 432 g/mol. The number of aromatic carboxylic acids is 1. The first-order chi connectivity index (χ1) is 15.4. The summed E-state index contributed by atoms with van der Waals surface area (Å²) in [6, 6.07) is 15.8. The number of hydrogen-bond acceptors (Lipinski definition) is 4. The van der Waals surface area contributed by atoms with Crippen molar-refractivity contribution in [3.63, 3.8) is 0 Å². The van der Waals surface area contributed by atoms with Gasteiger partial charge in [0, 0.05) is 29.0 Å². The summed E-state index contributed by atoms with van der Waals surface area (Å²) in [6.07, 6.45) is 0.264. The van der Waals surface area contributed by atoms with Crippen molar-refractivity contribution in [2.24, 2.45) is 0 Å². The molecule has 0 aliphatic rings. The normalized spacial score (nSPS) is 11.0. The first-order valence-corrected chi connectivity index (χ1v) is 10.3. The van der Waals surface area contributed by atoms with Gasteiger partial charge in [-0.3, -0.25) is 4.79 Å². The van der Waals surface area contributed by atoms with Gasteiger partial charge in [0.2, 0.25) is 0 Å². The molecule has 0 atom stereocenters. The fraction of sp³-hybridized carbons (Fsp3) is 0.154. The number of carboxylic acid groups (broad SMARTS) is 1. The summed E-state index contributed by atoms with van der Waals surface area (Å²) in [6.45, 7) is 4.00. The molecular formula is C26H21FO5. The van der Waals surface area contributed by atoms with Gasteiger partial charge in [-0.2, -0.15) is 0 Å². The van der Waals surface area contributed by atoms with Gasteiger partial charge in [0.15, 0.2) is 5.78 Å². The molecule has 0 spiro atoms. The zero-order chi connectivity index (χ0) is 22.8. The summed E-state index contributed by atoms with van der Waals surface area (Å²) in [5.74, 6) is -0.650. The molecule has 5 nitrogen and oxygen atoms in total. The third-order valence-electron chi connectivity index (χ3n) is 5.22. The number of carboxylic acids is 1. The zero-order valence-electron chi connectivity index (χ0n) is 17.6. The van der Waals surface area contributed by atoms with E-state index in [9.17, 15) is 19.1 Å². The van der Waals surface area contributed by atoms with Crippen molar-refractivity contribution in [1.29, 1.82) is 0 Å². The van der Waals surface area contributed by atoms with Gasteiger partial charge in [-0.05, 0) is 55.0 Å². The van der Waals surface area contributed by atoms with E-state index >= 15 is 0 Å². The molecule has 0 bridgehead atoms. The molecule has 4 aromatic rings. The van der Waals surface area contributed by atoms with Crippen molar-refractivity contribution in [2.75, 3.05) is 6.61 Å². The second-order valence-electron chi connectivity index (χ2n) is 7.25. The number of carbonyl (C=O) groups excluding carboxylic acids is 1. The number of benzene rings is 3. The highest BCUT2D eigenvalue weighted by Crippen LogP contribution is 2.41. The van der Waals surface area contributed by atoms with Crippen LogP contribution in [0.3, 0.4) is 0 Å². The van der Waals surface area contributed by atoms with E-state index in [0.717, 1.165) is 0 Å². The minimum absolute atomic E-state index is 0.113. The standard InChI is InChI=1S/C26H21FO5/c1-3-21(28)24-20-13-19(16-6-5-7-17(12-16)26(29)30)22(31-4-2)14-23(20)32-25(24)15-8-10-18(27)11-9-15/h5-14H,3-4H2,1-2H3,(H,29,30). The molecule has 3 aromatic carbocycles. The zero-order valence-corrected chi connectivity index (χ0v) is 17.6. The number of Topliss-reactive ketones (excluding diaryl/α,β-unsaturated/α-hetero) is 1. The van der Waals surface area contributed by atoms with E-state index in [0.29, 0.717) is 51.3 Å². The Balaban J connectivity index is 2.00. The molecule has 1 aromatic heterocycles. The van der Waals surface area contributed by atoms with Gasteiger partial charge in [-0.25, -0.2) is 9.18 Å². The summed E-state index contributed by atoms with van der Waals surface area (Å²) in [4.78, 5) is 24.4. The SMILES string of the molecule is CCOc1cc2oc(-c3ccc(F)cc3)c(C(=O)CC)c2cc1-c1cccc(C(=O)O)c1. The van der Waals surface area contributed by atoms with Crippen molar-refractivity contribution in [2.45, 2.75) is 20.3 Å². The molecule has 0 unspecified atom stereocenters. The van der Waals surface area contributed by atoms with Gasteiger partial charge in [-0.15, -0.1) is 0 Å². The van der Waals surface area contributed by atoms with Gasteiger partial charge in [-0.1, -0.05) is 19.1 Å². The Kier molecular flexibility index (Phi) is 5.77. The Bertz CT molecular complexity index is 1320. The minimum atomic E-state index is -1.03. The van der Waals surface area contributed by atoms with Crippen LogP contribution in [0.5, 0.6) is 5.75 Å². The molecule has 1 heterocycles. The van der Waals surface area contributed by atoms with Crippen LogP contribution in [0.25, 0.3) is 33.4 Å². The van der Waals surface area contributed by atoms with Crippen LogP contribution in [0.1, 0.15) is 41.0 Å². The molecule has 0 saturated carbocycles. The van der Waals surface area contributed by atoms with E-state index in [1.807, 2.05) is 6.92 Å². The summed E-state index contributed by atoms with van der Waals surface area (Å²) >= 11 is 0. The molecule has 162 valence electrons. The third kappa shape index (κ3) is 3.87. The van der Waals surface area contributed by atoms with Gasteiger partial charge in [0.05, 0.1) is 17.7 Å². The third-order valence-corrected chi connectivity index (χ3v) is 5.22. The van der Waals surface area contributed by atoms with Crippen LogP contribution in [0, 0.1) is 5.82 Å². The molecule has 0 fully saturated rings. The molecule has 4 rings (SSSR count). The first-order valence-electron chi connectivity index (χ1n) is 10.3. The van der Waals surface area contributed by atoms with Crippen molar-refractivity contribution in [3.05, 3.63) is 77.6 Å². The first kappa shape index (κ1) is 21.3. The highest BCUT2D eigenvalue weighted by Gasteiger charge is 2.23. The molecule has 32 heavy (non-hydrogen) atoms. The van der Waals surface area contributed by atoms with Crippen molar-refractivity contribution < 1.29 is 28.2 Å². The summed E-state index contributed by atoms with van der Waals surface area (Å²) < 4.78 is 25.3. The maximum atomic E-state index is 13.4. The molecule has 0 saturated heterocycles. The van der Waals surface area contributed by atoms with Crippen LogP contribution in [0.15, 0.2) is 65.1 Å². The Hall–Kier alpha value is -3.93. The Labute approximate surface area is 184 Å². The van der Waals surface area contributed by atoms with E-state index in [4.69, 9.17) is 9.15 Å². The summed E-state index contributed by atoms with van der Waals surface area (Å²) in [7, 11) is 0. The molecule has 0 radical (unpaired) electrons. The molecule has 6 heteroatoms. The van der Waals surface area contributed by atoms with Crippen LogP contribution in [0.2, 0.25) is 0 Å². The average molecular weight is 432 g/mol. The second-order valence-corrected chi connectivity index (χ2v) is 7.25. The number of carbonyl (C=O) groups is 2. The highest BCUT2D eigenvalue weighted by atomic mass is 19.1. The van der Waals surface area contributed by atoms with Crippen LogP contribution in [0.4, 0.5) is 4.39 Å². The smallest absolute Gasteiger partial charge is 0.335 e. The predicted octanol–water partition coefficient (Wildman–Crippen LogP) is 6.60. The number of fused-ring (bicyclic) bond motifs is 1. The summed E-state index contributed by atoms with van der Waals surface area (Å²) in [5, 5.41) is 9.97. The fourth-order valence-corrected chi connectivity index (χ4v) is 3.70. The number of halogens is 1. The van der Waals surface area contributed by atoms with Gasteiger partial charge < -0.3 is 14.3 Å². The van der Waals surface area contributed by atoms with Gasteiger partial charge in [0.25, 0.3) is 0 Å². The van der Waals surface area contributed by atoms with E-state index in [-0.39, 0.29) is 23.6 Å². The van der Waals surface area contributed by atoms with Crippen LogP contribution in [-0.4, -0.2) is 23.5 Å². The number of ether oxygens (including phenoxy) is 1. The maximum absolute atomic E-state index is 13.4. The topological polar surface area (TPSA) is 76.7 Å². The van der Waals surface area contributed by atoms with E-state index in [2.05, 4.69) is 0 Å². The lowest BCUT2D eigenvalue weighted by Crippen LogP contribution is -1.99. The summed E-state index contributed by atoms with van der Waals surface area (Å²) in [5.41, 5.74) is 2.91. The van der Waals surface area contributed by atoms with Crippen molar-refractivity contribution >= 4 is 22.7 Å². The second kappa shape index (κ2) is 8.67. The van der Waals surface area contributed by atoms with E-state index < -0.39 is 5.97 Å². The molecule has 0 amide bonds. The minimum Gasteiger partial charge on any atom is -0.493 e. The Morgan fingerprint density at radius 3 is 2.41 bits per heavy atom. The lowest BCUT2D eigenvalue weighted by molar-refractivity contribution is 0.0696. The average Bonchev–Trinajstić information content (AvgIpc) is 3.17. The molecule has 1 N–H and O–H groups in total. The van der Waals surface area contributed by atoms with Crippen molar-refractivity contribution in [1.82, 2.24) is 0 Å². The van der Waals surface area contributed by atoms with E-state index in [1.165, 1.54) is 18.2 Å². The quantitative estimate of drug-likeness (QED) is 0.333. The lowest BCUT2D eigenvalue weighted by atomic mass is 9.96. The van der Waals surface area contributed by atoms with Crippen molar-refractivity contribution in [3.8, 4) is 28.2 Å². The molecule has 0 aliphatic heterocycles. The Morgan fingerprint density at radius 2 is 1.75 bits per heavy atom. The van der Waals surface area contributed by atoms with Crippen LogP contribution in [-0.2, 0) is 0 Å². The van der Waals surface area contributed by atoms with Gasteiger partial charge >= 0.3 is 5.97 Å². The number of rotatable bonds is 7. The highest BCUT2D eigenvalue weighted by molar-refractivity contribution is 6.13. The van der Waals surface area contributed by atoms with E-state index in [1.54, 1.807) is 49.4 Å².